The molecule has 3 aromatic rings. The van der Waals surface area contributed by atoms with Gasteiger partial charge in [0.1, 0.15) is 5.60 Å². The maximum Gasteiger partial charge on any atom is 0.407 e. The van der Waals surface area contributed by atoms with Crippen LogP contribution in [0.5, 0.6) is 0 Å². The summed E-state index contributed by atoms with van der Waals surface area (Å²) in [4.78, 5) is 19.3. The van der Waals surface area contributed by atoms with E-state index >= 15 is 0 Å². The molecule has 0 unspecified atom stereocenters. The van der Waals surface area contributed by atoms with Crippen LogP contribution in [0, 0.1) is 11.3 Å². The van der Waals surface area contributed by atoms with Crippen molar-refractivity contribution >= 4 is 23.1 Å². The Balaban J connectivity index is 1.50. The Morgan fingerprint density at radius 3 is 2.50 bits per heavy atom. The molecule has 0 saturated carbocycles. The van der Waals surface area contributed by atoms with Crippen molar-refractivity contribution in [3.05, 3.63) is 59.7 Å². The summed E-state index contributed by atoms with van der Waals surface area (Å²) in [5, 5.41) is 12.1. The van der Waals surface area contributed by atoms with Crippen molar-refractivity contribution in [1.29, 1.82) is 5.26 Å². The molecule has 166 valence electrons. The fraction of sp³-hybridized carbons (Fsp3) is 0.400. The highest BCUT2D eigenvalue weighted by Crippen LogP contribution is 2.26. The van der Waals surface area contributed by atoms with Crippen LogP contribution in [0.2, 0.25) is 0 Å². The van der Waals surface area contributed by atoms with Crippen molar-refractivity contribution in [3.8, 4) is 6.07 Å². The first-order valence-corrected chi connectivity index (χ1v) is 11.0. The largest absolute Gasteiger partial charge is 0.444 e. The molecular formula is C25H29N5O2. The van der Waals surface area contributed by atoms with Gasteiger partial charge in [-0.1, -0.05) is 24.3 Å². The zero-order valence-electron chi connectivity index (χ0n) is 18.8. The highest BCUT2D eigenvalue weighted by atomic mass is 16.6. The number of benzene rings is 2. The van der Waals surface area contributed by atoms with E-state index in [1.165, 1.54) is 0 Å². The minimum atomic E-state index is -0.499. The number of piperidine rings is 1. The number of nitrogens with zero attached hydrogens (tertiary/aromatic N) is 4. The number of amides is 1. The molecule has 0 radical (unpaired) electrons. The van der Waals surface area contributed by atoms with E-state index in [1.54, 1.807) is 0 Å². The zero-order chi connectivity index (χ0) is 22.7. The van der Waals surface area contributed by atoms with E-state index < -0.39 is 5.60 Å². The number of nitrogens with one attached hydrogen (secondary N) is 1. The van der Waals surface area contributed by atoms with E-state index in [4.69, 9.17) is 15.0 Å². The second-order valence-corrected chi connectivity index (χ2v) is 9.20. The highest BCUT2D eigenvalue weighted by molar-refractivity contribution is 5.79. The Bertz CT molecular complexity index is 1130. The predicted molar refractivity (Wildman–Crippen MR) is 125 cm³/mol. The molecule has 0 aliphatic carbocycles. The van der Waals surface area contributed by atoms with Gasteiger partial charge in [-0.05, 0) is 63.4 Å². The number of imidazole rings is 1. The SMILES string of the molecule is CC(C)(C)OC(=O)NC1CCN(c2nc3ccccc3n2Cc2ccc(C#N)cc2)CC1. The lowest BCUT2D eigenvalue weighted by Gasteiger charge is -2.33. The van der Waals surface area contributed by atoms with Crippen molar-refractivity contribution < 1.29 is 9.53 Å². The molecule has 0 spiro atoms. The maximum atomic E-state index is 12.1. The smallest absolute Gasteiger partial charge is 0.407 e. The van der Waals surface area contributed by atoms with Crippen LogP contribution in [-0.2, 0) is 11.3 Å². The van der Waals surface area contributed by atoms with Gasteiger partial charge in [0.25, 0.3) is 0 Å². The summed E-state index contributed by atoms with van der Waals surface area (Å²) in [6.07, 6.45) is 1.31. The second-order valence-electron chi connectivity index (χ2n) is 9.20. The lowest BCUT2D eigenvalue weighted by atomic mass is 10.1. The Morgan fingerprint density at radius 1 is 1.16 bits per heavy atom. The number of nitriles is 1. The second kappa shape index (κ2) is 8.91. The first kappa shape index (κ1) is 21.7. The van der Waals surface area contributed by atoms with Crippen molar-refractivity contribution in [1.82, 2.24) is 14.9 Å². The molecule has 1 saturated heterocycles. The van der Waals surface area contributed by atoms with Gasteiger partial charge in [-0.2, -0.15) is 5.26 Å². The fourth-order valence-corrected chi connectivity index (χ4v) is 4.03. The number of hydrogen-bond donors (Lipinski definition) is 1. The normalized spacial score (nSPS) is 14.9. The van der Waals surface area contributed by atoms with E-state index in [0.29, 0.717) is 12.1 Å². The van der Waals surface area contributed by atoms with E-state index in [1.807, 2.05) is 63.2 Å². The summed E-state index contributed by atoms with van der Waals surface area (Å²) in [6, 6.07) is 18.1. The molecule has 1 fully saturated rings. The van der Waals surface area contributed by atoms with Crippen molar-refractivity contribution in [2.24, 2.45) is 0 Å². The van der Waals surface area contributed by atoms with Gasteiger partial charge in [-0.25, -0.2) is 9.78 Å². The average molecular weight is 432 g/mol. The fourth-order valence-electron chi connectivity index (χ4n) is 4.03. The molecule has 7 heteroatoms. The van der Waals surface area contributed by atoms with E-state index in [0.717, 1.165) is 48.5 Å². The van der Waals surface area contributed by atoms with E-state index in [2.05, 4.69) is 26.9 Å². The van der Waals surface area contributed by atoms with Crippen LogP contribution in [0.15, 0.2) is 48.5 Å². The molecule has 1 aliphatic rings. The Kier molecular flexibility index (Phi) is 6.04. The summed E-state index contributed by atoms with van der Waals surface area (Å²) in [5.74, 6) is 0.936. The molecule has 1 aliphatic heterocycles. The summed E-state index contributed by atoms with van der Waals surface area (Å²) >= 11 is 0. The number of anilines is 1. The topological polar surface area (TPSA) is 83.2 Å². The Labute approximate surface area is 188 Å². The van der Waals surface area contributed by atoms with Crippen LogP contribution in [0.25, 0.3) is 11.0 Å². The highest BCUT2D eigenvalue weighted by Gasteiger charge is 2.26. The molecular weight excluding hydrogens is 402 g/mol. The van der Waals surface area contributed by atoms with Crippen LogP contribution in [0.3, 0.4) is 0 Å². The first-order chi connectivity index (χ1) is 15.3. The van der Waals surface area contributed by atoms with Gasteiger partial charge in [0.2, 0.25) is 5.95 Å². The van der Waals surface area contributed by atoms with Gasteiger partial charge in [-0.15, -0.1) is 0 Å². The van der Waals surface area contributed by atoms with Crippen LogP contribution in [0.1, 0.15) is 44.7 Å². The van der Waals surface area contributed by atoms with Gasteiger partial charge in [0.05, 0.1) is 29.2 Å². The monoisotopic (exact) mass is 431 g/mol. The number of para-hydroxylation sites is 2. The third-order valence-electron chi connectivity index (χ3n) is 5.56. The van der Waals surface area contributed by atoms with Gasteiger partial charge < -0.3 is 19.5 Å². The number of hydrogen-bond acceptors (Lipinski definition) is 5. The van der Waals surface area contributed by atoms with E-state index in [9.17, 15) is 4.79 Å². The molecule has 0 atom stereocenters. The Morgan fingerprint density at radius 2 is 1.84 bits per heavy atom. The van der Waals surface area contributed by atoms with Crippen molar-refractivity contribution in [2.45, 2.75) is 51.8 Å². The summed E-state index contributed by atoms with van der Waals surface area (Å²) in [7, 11) is 0. The number of rotatable bonds is 4. The lowest BCUT2D eigenvalue weighted by Crippen LogP contribution is -2.46. The molecule has 1 aromatic heterocycles. The average Bonchev–Trinajstić information content (AvgIpc) is 3.12. The lowest BCUT2D eigenvalue weighted by molar-refractivity contribution is 0.0497. The number of carbonyl (C=O) groups excluding carboxylic acids is 1. The quantitative estimate of drug-likeness (QED) is 0.660. The molecule has 1 N–H and O–H groups in total. The summed E-state index contributed by atoms with van der Waals surface area (Å²) in [6.45, 7) is 7.89. The minimum absolute atomic E-state index is 0.0949. The van der Waals surface area contributed by atoms with Crippen LogP contribution < -0.4 is 10.2 Å². The Hall–Kier alpha value is -3.53. The number of carbonyl (C=O) groups is 1. The number of alkyl carbamates (subject to hydrolysis) is 1. The van der Waals surface area contributed by atoms with E-state index in [-0.39, 0.29) is 12.1 Å². The molecule has 1 amide bonds. The molecule has 32 heavy (non-hydrogen) atoms. The minimum Gasteiger partial charge on any atom is -0.444 e. The van der Waals surface area contributed by atoms with Gasteiger partial charge in [0.15, 0.2) is 0 Å². The molecule has 7 nitrogen and oxygen atoms in total. The summed E-state index contributed by atoms with van der Waals surface area (Å²) < 4.78 is 7.63. The maximum absolute atomic E-state index is 12.1. The van der Waals surface area contributed by atoms with Crippen LogP contribution >= 0.6 is 0 Å². The zero-order valence-corrected chi connectivity index (χ0v) is 18.8. The van der Waals surface area contributed by atoms with Gasteiger partial charge >= 0.3 is 6.09 Å². The molecule has 0 bridgehead atoms. The van der Waals surface area contributed by atoms with Crippen LogP contribution in [-0.4, -0.2) is 40.4 Å². The first-order valence-electron chi connectivity index (χ1n) is 11.0. The number of aromatic nitrogens is 2. The van der Waals surface area contributed by atoms with Gasteiger partial charge in [0, 0.05) is 19.1 Å². The summed E-state index contributed by atoms with van der Waals surface area (Å²) in [5.41, 5.74) is 3.33. The van der Waals surface area contributed by atoms with Crippen molar-refractivity contribution in [3.63, 3.8) is 0 Å². The number of fused-ring (bicyclic) bond motifs is 1. The predicted octanol–water partition coefficient (Wildman–Crippen LogP) is 4.45. The van der Waals surface area contributed by atoms with Crippen LogP contribution in [0.4, 0.5) is 10.7 Å². The molecule has 2 aromatic carbocycles. The standard InChI is InChI=1S/C25H29N5O2/c1-25(2,3)32-24(31)27-20-12-14-29(15-13-20)23-28-21-6-4-5-7-22(21)30(23)17-19-10-8-18(16-26)9-11-19/h4-11,20H,12-15,17H2,1-3H3,(H,27,31). The molecule has 2 heterocycles. The van der Waals surface area contributed by atoms with Gasteiger partial charge in [-0.3, -0.25) is 0 Å². The van der Waals surface area contributed by atoms with Crippen molar-refractivity contribution in [2.75, 3.05) is 18.0 Å². The number of ether oxygens (including phenoxy) is 1. The third kappa shape index (κ3) is 5.02. The molecule has 4 rings (SSSR count). The third-order valence-corrected chi connectivity index (χ3v) is 5.56.